The second-order valence-electron chi connectivity index (χ2n) is 3.47. The summed E-state index contributed by atoms with van der Waals surface area (Å²) in [5.74, 6) is 0. The van der Waals surface area contributed by atoms with Gasteiger partial charge in [-0.05, 0) is 13.1 Å². The van der Waals surface area contributed by atoms with Gasteiger partial charge in [-0.1, -0.05) is 0 Å². The van der Waals surface area contributed by atoms with Crippen LogP contribution in [-0.4, -0.2) is 54.6 Å². The van der Waals surface area contributed by atoms with Gasteiger partial charge in [-0.15, -0.1) is 0 Å². The van der Waals surface area contributed by atoms with Crippen molar-refractivity contribution in [1.29, 1.82) is 0 Å². The highest BCUT2D eigenvalue weighted by Crippen LogP contribution is 1.88. The monoisotopic (exact) mass is 212 g/mol. The van der Waals surface area contributed by atoms with Crippen LogP contribution in [0, 0.1) is 0 Å². The smallest absolute Gasteiger partial charge is 0.0593 e. The minimum absolute atomic E-state index is 0.594. The van der Waals surface area contributed by atoms with Crippen LogP contribution in [-0.2, 0) is 11.3 Å². The summed E-state index contributed by atoms with van der Waals surface area (Å²) in [6.45, 7) is 4.81. The number of likely N-dealkylation sites (N-methyl/N-ethyl adjacent to an activating group) is 1. The Hall–Kier alpha value is -0.910. The molecule has 1 heterocycles. The van der Waals surface area contributed by atoms with E-state index in [2.05, 4.69) is 17.0 Å². The van der Waals surface area contributed by atoms with Gasteiger partial charge in [-0.3, -0.25) is 4.68 Å². The van der Waals surface area contributed by atoms with E-state index < -0.39 is 0 Å². The minimum atomic E-state index is 0.594. The van der Waals surface area contributed by atoms with Gasteiger partial charge in [0.05, 0.1) is 19.8 Å². The molecule has 0 fully saturated rings. The van der Waals surface area contributed by atoms with Crippen LogP contribution in [0.4, 0.5) is 0 Å². The molecule has 0 unspecified atom stereocenters. The maximum absolute atomic E-state index is 5.32. The Morgan fingerprint density at radius 1 is 1.40 bits per heavy atom. The zero-order valence-electron chi connectivity index (χ0n) is 9.30. The topological polar surface area (TPSA) is 56.3 Å². The van der Waals surface area contributed by atoms with Crippen molar-refractivity contribution in [2.75, 3.05) is 39.9 Å². The standard InChI is InChI=1S/C10H20N4O/c1-13(8-10-15-9-3-11)6-7-14-5-2-4-12-14/h2,4-5H,3,6-11H2,1H3. The van der Waals surface area contributed by atoms with Crippen molar-refractivity contribution in [3.05, 3.63) is 18.5 Å². The summed E-state index contributed by atoms with van der Waals surface area (Å²) in [5.41, 5.74) is 5.32. The van der Waals surface area contributed by atoms with Crippen LogP contribution in [0.3, 0.4) is 0 Å². The zero-order valence-corrected chi connectivity index (χ0v) is 9.30. The fourth-order valence-corrected chi connectivity index (χ4v) is 1.22. The van der Waals surface area contributed by atoms with Crippen molar-refractivity contribution < 1.29 is 4.74 Å². The normalized spacial score (nSPS) is 11.1. The van der Waals surface area contributed by atoms with Crippen LogP contribution in [0.1, 0.15) is 0 Å². The SMILES string of the molecule is CN(CCOCCN)CCn1cccn1. The molecule has 0 saturated heterocycles. The Labute approximate surface area is 90.8 Å². The maximum atomic E-state index is 5.32. The summed E-state index contributed by atoms with van der Waals surface area (Å²) < 4.78 is 7.23. The quantitative estimate of drug-likeness (QED) is 0.606. The third-order valence-electron chi connectivity index (χ3n) is 2.15. The Balaban J connectivity index is 2.01. The van der Waals surface area contributed by atoms with E-state index in [0.717, 1.165) is 26.2 Å². The molecule has 0 aromatic carbocycles. The number of aromatic nitrogens is 2. The lowest BCUT2D eigenvalue weighted by molar-refractivity contribution is 0.116. The molecule has 15 heavy (non-hydrogen) atoms. The number of rotatable bonds is 8. The van der Waals surface area contributed by atoms with E-state index in [9.17, 15) is 0 Å². The number of ether oxygens (including phenoxy) is 1. The Morgan fingerprint density at radius 2 is 2.27 bits per heavy atom. The number of nitrogens with two attached hydrogens (primary N) is 1. The Morgan fingerprint density at radius 3 is 2.93 bits per heavy atom. The van der Waals surface area contributed by atoms with Crippen LogP contribution in [0.2, 0.25) is 0 Å². The largest absolute Gasteiger partial charge is 0.379 e. The number of nitrogens with zero attached hydrogens (tertiary/aromatic N) is 3. The van der Waals surface area contributed by atoms with Crippen molar-refractivity contribution >= 4 is 0 Å². The van der Waals surface area contributed by atoms with E-state index in [4.69, 9.17) is 10.5 Å². The molecule has 0 atom stereocenters. The van der Waals surface area contributed by atoms with Gasteiger partial charge in [-0.25, -0.2) is 0 Å². The summed E-state index contributed by atoms with van der Waals surface area (Å²) >= 11 is 0. The van der Waals surface area contributed by atoms with Crippen molar-refractivity contribution in [3.8, 4) is 0 Å². The number of hydrogen-bond acceptors (Lipinski definition) is 4. The third kappa shape index (κ3) is 5.51. The molecule has 2 N–H and O–H groups in total. The highest BCUT2D eigenvalue weighted by molar-refractivity contribution is 4.77. The first-order valence-electron chi connectivity index (χ1n) is 5.26. The van der Waals surface area contributed by atoms with Crippen LogP contribution >= 0.6 is 0 Å². The lowest BCUT2D eigenvalue weighted by Crippen LogP contribution is -2.27. The van der Waals surface area contributed by atoms with Crippen molar-refractivity contribution in [1.82, 2.24) is 14.7 Å². The Kier molecular flexibility index (Phi) is 5.99. The first-order chi connectivity index (χ1) is 7.33. The van der Waals surface area contributed by atoms with Gasteiger partial charge in [0.2, 0.25) is 0 Å². The van der Waals surface area contributed by atoms with Crippen molar-refractivity contribution in [2.45, 2.75) is 6.54 Å². The molecule has 1 rings (SSSR count). The minimum Gasteiger partial charge on any atom is -0.379 e. The molecule has 0 bridgehead atoms. The summed E-state index contributed by atoms with van der Waals surface area (Å²) in [7, 11) is 2.08. The number of hydrogen-bond donors (Lipinski definition) is 1. The second-order valence-corrected chi connectivity index (χ2v) is 3.47. The van der Waals surface area contributed by atoms with E-state index in [-0.39, 0.29) is 0 Å². The average molecular weight is 212 g/mol. The molecule has 1 aromatic rings. The molecule has 0 aliphatic heterocycles. The molecule has 0 aliphatic carbocycles. The van der Waals surface area contributed by atoms with Crippen molar-refractivity contribution in [3.63, 3.8) is 0 Å². The van der Waals surface area contributed by atoms with E-state index in [0.29, 0.717) is 13.2 Å². The highest BCUT2D eigenvalue weighted by Gasteiger charge is 1.98. The summed E-state index contributed by atoms with van der Waals surface area (Å²) in [4.78, 5) is 2.22. The predicted octanol–water partition coefficient (Wildman–Crippen LogP) is -0.210. The van der Waals surface area contributed by atoms with Crippen LogP contribution in [0.15, 0.2) is 18.5 Å². The molecule has 5 nitrogen and oxygen atoms in total. The van der Waals surface area contributed by atoms with E-state index in [1.807, 2.05) is 16.9 Å². The van der Waals surface area contributed by atoms with Gasteiger partial charge in [0.15, 0.2) is 0 Å². The molecular formula is C10H20N4O. The lowest BCUT2D eigenvalue weighted by atomic mass is 10.5. The highest BCUT2D eigenvalue weighted by atomic mass is 16.5. The summed E-state index contributed by atoms with van der Waals surface area (Å²) in [6.07, 6.45) is 3.77. The maximum Gasteiger partial charge on any atom is 0.0593 e. The molecular weight excluding hydrogens is 192 g/mol. The predicted molar refractivity (Wildman–Crippen MR) is 59.6 cm³/mol. The zero-order chi connectivity index (χ0) is 10.9. The van der Waals surface area contributed by atoms with E-state index in [1.165, 1.54) is 0 Å². The van der Waals surface area contributed by atoms with Crippen LogP contribution in [0.25, 0.3) is 0 Å². The molecule has 86 valence electrons. The Bertz CT molecular complexity index is 238. The second kappa shape index (κ2) is 7.39. The first kappa shape index (κ1) is 12.2. The first-order valence-corrected chi connectivity index (χ1v) is 5.26. The molecule has 0 aliphatic rings. The van der Waals surface area contributed by atoms with Crippen LogP contribution < -0.4 is 5.73 Å². The van der Waals surface area contributed by atoms with Gasteiger partial charge < -0.3 is 15.4 Å². The molecule has 1 aromatic heterocycles. The molecule has 0 saturated carbocycles. The molecule has 0 radical (unpaired) electrons. The van der Waals surface area contributed by atoms with Crippen molar-refractivity contribution in [2.24, 2.45) is 5.73 Å². The molecule has 5 heteroatoms. The summed E-state index contributed by atoms with van der Waals surface area (Å²) in [6, 6.07) is 1.93. The molecule has 0 spiro atoms. The van der Waals surface area contributed by atoms with Crippen LogP contribution in [0.5, 0.6) is 0 Å². The third-order valence-corrected chi connectivity index (χ3v) is 2.15. The van der Waals surface area contributed by atoms with Gasteiger partial charge in [0, 0.05) is 32.0 Å². The van der Waals surface area contributed by atoms with E-state index >= 15 is 0 Å². The van der Waals surface area contributed by atoms with E-state index in [1.54, 1.807) is 6.20 Å². The average Bonchev–Trinajstić information content (AvgIpc) is 2.74. The van der Waals surface area contributed by atoms with Gasteiger partial charge >= 0.3 is 0 Å². The fourth-order valence-electron chi connectivity index (χ4n) is 1.22. The lowest BCUT2D eigenvalue weighted by Gasteiger charge is -2.16. The van der Waals surface area contributed by atoms with Gasteiger partial charge in [0.1, 0.15) is 0 Å². The molecule has 0 amide bonds. The summed E-state index contributed by atoms with van der Waals surface area (Å²) in [5, 5.41) is 4.14. The fraction of sp³-hybridized carbons (Fsp3) is 0.700. The van der Waals surface area contributed by atoms with Gasteiger partial charge in [-0.2, -0.15) is 5.10 Å². The van der Waals surface area contributed by atoms with Gasteiger partial charge in [0.25, 0.3) is 0 Å².